The van der Waals surface area contributed by atoms with Gasteiger partial charge in [-0.25, -0.2) is 4.98 Å². The van der Waals surface area contributed by atoms with Gasteiger partial charge in [0.2, 0.25) is 0 Å². The molecule has 2 heterocycles. The number of nitrogens with one attached hydrogen (secondary N) is 2. The average molecular weight is 677 g/mol. The van der Waals surface area contributed by atoms with Crippen molar-refractivity contribution in [2.24, 2.45) is 16.5 Å². The van der Waals surface area contributed by atoms with Gasteiger partial charge in [0.15, 0.2) is 32.6 Å². The van der Waals surface area contributed by atoms with E-state index in [1.165, 1.54) is 24.3 Å². The van der Waals surface area contributed by atoms with Gasteiger partial charge in [0.05, 0.1) is 23.3 Å². The summed E-state index contributed by atoms with van der Waals surface area (Å²) < 4.78 is 80.9. The zero-order valence-electron chi connectivity index (χ0n) is 22.1. The van der Waals surface area contributed by atoms with Crippen LogP contribution >= 0.6 is 23.2 Å². The van der Waals surface area contributed by atoms with Crippen molar-refractivity contribution in [2.45, 2.75) is 9.79 Å². The van der Waals surface area contributed by atoms with Crippen molar-refractivity contribution in [2.75, 3.05) is 36.8 Å². The second-order valence-electron chi connectivity index (χ2n) is 8.37. The molecule has 8 N–H and O–H groups in total. The van der Waals surface area contributed by atoms with Crippen molar-refractivity contribution >= 4 is 131 Å². The molecular formula is C22H20Cl2N6Na2O8S2. The van der Waals surface area contributed by atoms with Gasteiger partial charge in [-0.2, -0.15) is 16.8 Å². The van der Waals surface area contributed by atoms with E-state index in [0.29, 0.717) is 0 Å². The molecule has 42 heavy (non-hydrogen) atoms. The van der Waals surface area contributed by atoms with Gasteiger partial charge in [0.1, 0.15) is 26.9 Å². The number of fused-ring (bicyclic) bond motifs is 4. The van der Waals surface area contributed by atoms with E-state index in [-0.39, 0.29) is 152 Å². The third-order valence-corrected chi connectivity index (χ3v) is 8.28. The van der Waals surface area contributed by atoms with Crippen LogP contribution in [-0.2, 0) is 20.2 Å². The Morgan fingerprint density at radius 3 is 2.26 bits per heavy atom. The normalized spacial score (nSPS) is 13.0. The molecule has 0 aromatic heterocycles. The molecule has 2 radical (unpaired) electrons. The van der Waals surface area contributed by atoms with Crippen LogP contribution in [0.15, 0.2) is 43.5 Å². The summed E-state index contributed by atoms with van der Waals surface area (Å²) in [5.74, 6) is -0.751. The summed E-state index contributed by atoms with van der Waals surface area (Å²) in [5, 5.41) is 5.29. The van der Waals surface area contributed by atoms with Crippen LogP contribution in [0.1, 0.15) is 0 Å². The third kappa shape index (κ3) is 6.43. The molecule has 3 aliphatic rings. The van der Waals surface area contributed by atoms with E-state index in [0.717, 1.165) is 0 Å². The Labute approximate surface area is 293 Å². The van der Waals surface area contributed by atoms with Crippen LogP contribution in [-0.4, -0.2) is 116 Å². The van der Waals surface area contributed by atoms with E-state index in [1.807, 2.05) is 0 Å². The minimum atomic E-state index is -4.85. The number of halogens is 2. The van der Waals surface area contributed by atoms with E-state index in [4.69, 9.17) is 43.8 Å². The number of hydrogen-bond donors (Lipinski definition) is 6. The second-order valence-corrected chi connectivity index (χ2v) is 11.8. The zero-order chi connectivity index (χ0) is 29.0. The molecule has 1 aliphatic carbocycles. The first-order valence-corrected chi connectivity index (χ1v) is 15.0. The average Bonchev–Trinajstić information content (AvgIpc) is 2.90. The first-order chi connectivity index (χ1) is 18.9. The Morgan fingerprint density at radius 2 is 1.64 bits per heavy atom. The molecule has 5 rings (SSSR count). The predicted octanol–water partition coefficient (Wildman–Crippen LogP) is 2.05. The number of anilines is 3. The van der Waals surface area contributed by atoms with Crippen molar-refractivity contribution in [3.8, 4) is 23.0 Å². The number of hydrogen-bond acceptors (Lipinski definition) is 12. The fraction of sp³-hybridized carbons (Fsp3) is 0.182. The van der Waals surface area contributed by atoms with E-state index >= 15 is 0 Å². The summed E-state index contributed by atoms with van der Waals surface area (Å²) in [5.41, 5.74) is 10.9. The fourth-order valence-electron chi connectivity index (χ4n) is 4.15. The number of benzene rings is 3. The van der Waals surface area contributed by atoms with Crippen molar-refractivity contribution in [1.29, 1.82) is 0 Å². The number of nitrogens with two attached hydrogens (primary N) is 2. The molecule has 14 nitrogen and oxygen atoms in total. The van der Waals surface area contributed by atoms with E-state index < -0.39 is 30.0 Å². The molecule has 0 fully saturated rings. The van der Waals surface area contributed by atoms with Crippen molar-refractivity contribution in [1.82, 2.24) is 4.98 Å². The van der Waals surface area contributed by atoms with Crippen LogP contribution in [0.3, 0.4) is 0 Å². The quantitative estimate of drug-likeness (QED) is 0.0824. The van der Waals surface area contributed by atoms with Gasteiger partial charge >= 0.3 is 10.1 Å². The van der Waals surface area contributed by atoms with Gasteiger partial charge in [0, 0.05) is 78.7 Å². The summed E-state index contributed by atoms with van der Waals surface area (Å²) in [6, 6.07) is 5.57. The fourth-order valence-corrected chi connectivity index (χ4v) is 6.25. The summed E-state index contributed by atoms with van der Waals surface area (Å²) in [4.78, 5) is 7.26. The Kier molecular flexibility index (Phi) is 11.3. The molecular weight excluding hydrogens is 657 g/mol. The summed E-state index contributed by atoms with van der Waals surface area (Å²) in [6.07, 6.45) is 0. The van der Waals surface area contributed by atoms with Crippen molar-refractivity contribution < 1.29 is 35.1 Å². The smallest absolute Gasteiger partial charge is 0.300 e. The maximum Gasteiger partial charge on any atom is 0.300 e. The standard InChI is InChI=1S/C22H20Cl2N6O8S2.2Na/c23-13-15-19(37-17-9(29-15)1-3-11(27-7-5-25)21(17)39(31,32)33)14(24)16-20(13)38-18-10(30-16)2-4-12(28-8-6-26)22(18)40(34,35)36;;/h1-4,27,29H,5-8,25-26H2,(H,31,32,33)(H,34,35,36);;. The minimum Gasteiger partial charge on any atom is -0.450 e. The monoisotopic (exact) mass is 676 g/mol. The van der Waals surface area contributed by atoms with E-state index in [1.54, 1.807) is 0 Å². The van der Waals surface area contributed by atoms with Gasteiger partial charge < -0.3 is 31.3 Å². The molecule has 0 amide bonds. The summed E-state index contributed by atoms with van der Waals surface area (Å²) >= 11 is 13.3. The van der Waals surface area contributed by atoms with Gasteiger partial charge in [-0.1, -0.05) is 23.2 Å². The first-order valence-electron chi connectivity index (χ1n) is 11.4. The number of aromatic nitrogens is 1. The molecule has 0 bridgehead atoms. The summed E-state index contributed by atoms with van der Waals surface area (Å²) in [7, 11) is -9.66. The molecule has 2 aromatic rings. The predicted molar refractivity (Wildman–Crippen MR) is 159 cm³/mol. The Hall–Kier alpha value is -1.22. The number of rotatable bonds is 7. The minimum absolute atomic E-state index is 0. The van der Waals surface area contributed by atoms with Crippen LogP contribution in [0.5, 0.6) is 11.5 Å². The molecule has 0 saturated carbocycles. The Bertz CT molecular complexity index is 1960. The molecule has 0 saturated heterocycles. The molecule has 214 valence electrons. The third-order valence-electron chi connectivity index (χ3n) is 5.74. The maximum atomic E-state index is 12.3. The maximum absolute atomic E-state index is 12.3. The van der Waals surface area contributed by atoms with Gasteiger partial charge in [-0.15, -0.1) is 0 Å². The van der Waals surface area contributed by atoms with Crippen molar-refractivity contribution in [3.63, 3.8) is 0 Å². The van der Waals surface area contributed by atoms with E-state index in [2.05, 4.69) is 20.6 Å². The van der Waals surface area contributed by atoms with Crippen LogP contribution in [0.2, 0.25) is 10.0 Å². The van der Waals surface area contributed by atoms with Crippen molar-refractivity contribution in [3.05, 3.63) is 39.7 Å². The van der Waals surface area contributed by atoms with Crippen LogP contribution in [0.25, 0.3) is 22.6 Å². The SMILES string of the molecule is NCCN=c1ccc2nc3c(Cl)c4c(c(Cl)c3oc-2c1S(=O)(=O)O)Nc1ccc(NCCN)c(S(=O)(=O)O)c1O4.[Na].[Na]. The van der Waals surface area contributed by atoms with Crippen LogP contribution in [0, 0.1) is 0 Å². The number of nitrogens with zero attached hydrogens (tertiary/aromatic N) is 2. The molecule has 0 spiro atoms. The molecule has 0 unspecified atom stereocenters. The summed E-state index contributed by atoms with van der Waals surface area (Å²) in [6.45, 7) is 0.585. The first kappa shape index (κ1) is 35.3. The van der Waals surface area contributed by atoms with Gasteiger partial charge in [-0.05, 0) is 24.3 Å². The molecule has 2 aliphatic heterocycles. The molecule has 20 heteroatoms. The van der Waals surface area contributed by atoms with Crippen LogP contribution in [0.4, 0.5) is 17.1 Å². The zero-order valence-corrected chi connectivity index (χ0v) is 29.2. The largest absolute Gasteiger partial charge is 0.450 e. The number of ether oxygens (including phenoxy) is 1. The van der Waals surface area contributed by atoms with Gasteiger partial charge in [0.25, 0.3) is 10.1 Å². The Morgan fingerprint density at radius 1 is 0.952 bits per heavy atom. The molecule has 2 aromatic carbocycles. The van der Waals surface area contributed by atoms with Crippen LogP contribution < -0.4 is 32.2 Å². The van der Waals surface area contributed by atoms with Gasteiger partial charge in [-0.3, -0.25) is 14.1 Å². The van der Waals surface area contributed by atoms with E-state index in [9.17, 15) is 25.9 Å². The second kappa shape index (κ2) is 13.4. The molecule has 0 atom stereocenters. The Balaban J connectivity index is 0.00000242. The topological polar surface area (TPSA) is 232 Å².